The van der Waals surface area contributed by atoms with Gasteiger partial charge in [-0.1, -0.05) is 54.1 Å². The van der Waals surface area contributed by atoms with Crippen LogP contribution in [0, 0.1) is 0 Å². The number of aliphatic carboxylic acids is 1. The van der Waals surface area contributed by atoms with Gasteiger partial charge in [-0.25, -0.2) is 14.8 Å². The average molecular weight is 504 g/mol. The molecule has 0 spiro atoms. The molecule has 0 amide bonds. The van der Waals surface area contributed by atoms with Gasteiger partial charge in [0, 0.05) is 17.0 Å². The van der Waals surface area contributed by atoms with Crippen molar-refractivity contribution in [1.29, 1.82) is 0 Å². The number of halogens is 1. The average Bonchev–Trinajstić information content (AvgIpc) is 2.89. The van der Waals surface area contributed by atoms with E-state index in [0.29, 0.717) is 46.6 Å². The molecule has 184 valence electrons. The van der Waals surface area contributed by atoms with Crippen LogP contribution in [0.25, 0.3) is 22.3 Å². The summed E-state index contributed by atoms with van der Waals surface area (Å²) in [5.41, 5.74) is 7.64. The Morgan fingerprint density at radius 3 is 2.44 bits per heavy atom. The van der Waals surface area contributed by atoms with E-state index in [9.17, 15) is 9.59 Å². The topological polar surface area (TPSA) is 101 Å². The number of hydrogen-bond acceptors (Lipinski definition) is 6. The first-order chi connectivity index (χ1) is 17.4. The molecule has 1 heterocycles. The second-order valence-electron chi connectivity index (χ2n) is 8.47. The van der Waals surface area contributed by atoms with Crippen LogP contribution in [0.2, 0.25) is 5.02 Å². The standard InChI is InChI=1S/C28H26ClN3O4/c1-18(19-7-3-2-4-8-19)32-36-28(35)21-13-16-23-25(17-21)30-24(9-5-6-10-26(33)34)27(31-23)20-11-14-22(29)15-12-20/h2-4,7-8,11-18,32H,5-6,9-10H2,1H3,(H,33,34)/t18-/m1/s1. The summed E-state index contributed by atoms with van der Waals surface area (Å²) in [6, 6.07) is 21.9. The minimum Gasteiger partial charge on any atom is -0.481 e. The number of hydrogen-bond donors (Lipinski definition) is 2. The van der Waals surface area contributed by atoms with Crippen molar-refractivity contribution in [1.82, 2.24) is 15.4 Å². The Morgan fingerprint density at radius 1 is 0.972 bits per heavy atom. The Labute approximate surface area is 214 Å². The van der Waals surface area contributed by atoms with Gasteiger partial charge in [0.05, 0.1) is 34.0 Å². The molecule has 4 aromatic rings. The quantitative estimate of drug-likeness (QED) is 0.197. The van der Waals surface area contributed by atoms with Crippen LogP contribution in [-0.4, -0.2) is 27.0 Å². The molecule has 4 rings (SSSR count). The van der Waals surface area contributed by atoms with Gasteiger partial charge in [-0.2, -0.15) is 0 Å². The third-order valence-electron chi connectivity index (χ3n) is 5.77. The summed E-state index contributed by atoms with van der Waals surface area (Å²) >= 11 is 6.05. The smallest absolute Gasteiger partial charge is 0.356 e. The number of aryl methyl sites for hydroxylation is 1. The van der Waals surface area contributed by atoms with Crippen molar-refractivity contribution in [3.8, 4) is 11.3 Å². The number of hydroxylamine groups is 1. The molecule has 8 heteroatoms. The van der Waals surface area contributed by atoms with Gasteiger partial charge in [0.15, 0.2) is 0 Å². The van der Waals surface area contributed by atoms with Crippen molar-refractivity contribution in [2.24, 2.45) is 0 Å². The number of unbranched alkanes of at least 4 members (excludes halogenated alkanes) is 1. The monoisotopic (exact) mass is 503 g/mol. The number of rotatable bonds is 10. The van der Waals surface area contributed by atoms with Crippen LogP contribution >= 0.6 is 11.6 Å². The lowest BCUT2D eigenvalue weighted by Crippen LogP contribution is -2.23. The first-order valence-electron chi connectivity index (χ1n) is 11.7. The summed E-state index contributed by atoms with van der Waals surface area (Å²) in [6.07, 6.45) is 1.84. The van der Waals surface area contributed by atoms with Crippen molar-refractivity contribution in [2.75, 3.05) is 0 Å². The molecule has 1 atom stereocenters. The number of carbonyl (C=O) groups excluding carboxylic acids is 1. The molecule has 36 heavy (non-hydrogen) atoms. The van der Waals surface area contributed by atoms with Gasteiger partial charge in [-0.3, -0.25) is 4.79 Å². The fourth-order valence-corrected chi connectivity index (χ4v) is 3.94. The predicted molar refractivity (Wildman–Crippen MR) is 139 cm³/mol. The second kappa shape index (κ2) is 11.7. The molecule has 7 nitrogen and oxygen atoms in total. The predicted octanol–water partition coefficient (Wildman–Crippen LogP) is 6.17. The molecule has 0 unspecified atom stereocenters. The zero-order valence-electron chi connectivity index (χ0n) is 19.8. The van der Waals surface area contributed by atoms with Crippen LogP contribution in [0.5, 0.6) is 0 Å². The number of nitrogens with zero attached hydrogens (tertiary/aromatic N) is 2. The highest BCUT2D eigenvalue weighted by atomic mass is 35.5. The highest BCUT2D eigenvalue weighted by molar-refractivity contribution is 6.30. The number of carboxylic acids is 1. The number of fused-ring (bicyclic) bond motifs is 1. The summed E-state index contributed by atoms with van der Waals surface area (Å²) in [6.45, 7) is 1.91. The van der Waals surface area contributed by atoms with Gasteiger partial charge in [0.2, 0.25) is 0 Å². The lowest BCUT2D eigenvalue weighted by molar-refractivity contribution is -0.137. The van der Waals surface area contributed by atoms with E-state index in [1.54, 1.807) is 30.3 Å². The molecule has 0 aliphatic heterocycles. The second-order valence-corrected chi connectivity index (χ2v) is 8.91. The highest BCUT2D eigenvalue weighted by Crippen LogP contribution is 2.27. The number of nitrogens with one attached hydrogen (secondary N) is 1. The van der Waals surface area contributed by atoms with Crippen LogP contribution in [0.15, 0.2) is 72.8 Å². The molecule has 1 aromatic heterocycles. The van der Waals surface area contributed by atoms with Gasteiger partial charge >= 0.3 is 11.9 Å². The molecule has 0 saturated carbocycles. The highest BCUT2D eigenvalue weighted by Gasteiger charge is 2.15. The van der Waals surface area contributed by atoms with E-state index < -0.39 is 11.9 Å². The van der Waals surface area contributed by atoms with Gasteiger partial charge in [0.1, 0.15) is 0 Å². The van der Waals surface area contributed by atoms with Gasteiger partial charge in [-0.15, -0.1) is 5.48 Å². The van der Waals surface area contributed by atoms with Crippen LogP contribution < -0.4 is 5.48 Å². The first-order valence-corrected chi connectivity index (χ1v) is 12.1. The van der Waals surface area contributed by atoms with Gasteiger partial charge in [0.25, 0.3) is 0 Å². The van der Waals surface area contributed by atoms with Crippen LogP contribution in [0.3, 0.4) is 0 Å². The lowest BCUT2D eigenvalue weighted by Gasteiger charge is -2.14. The summed E-state index contributed by atoms with van der Waals surface area (Å²) in [5.74, 6) is -1.35. The lowest BCUT2D eigenvalue weighted by atomic mass is 10.0. The fourth-order valence-electron chi connectivity index (χ4n) is 3.81. The number of carboxylic acid groups (broad SMARTS) is 1. The van der Waals surface area contributed by atoms with Crippen molar-refractivity contribution in [3.05, 3.63) is 94.6 Å². The molecule has 3 aromatic carbocycles. The zero-order valence-corrected chi connectivity index (χ0v) is 20.5. The Bertz CT molecular complexity index is 1360. The number of carbonyl (C=O) groups is 2. The largest absolute Gasteiger partial charge is 0.481 e. The summed E-state index contributed by atoms with van der Waals surface area (Å²) < 4.78 is 0. The zero-order chi connectivity index (χ0) is 25.5. The van der Waals surface area contributed by atoms with Crippen molar-refractivity contribution < 1.29 is 19.5 Å². The third kappa shape index (κ3) is 6.44. The minimum absolute atomic E-state index is 0.0989. The maximum Gasteiger partial charge on any atom is 0.356 e. The molecule has 0 fully saturated rings. The Kier molecular flexibility index (Phi) is 8.25. The minimum atomic E-state index is -0.823. The van der Waals surface area contributed by atoms with Gasteiger partial charge in [-0.05, 0) is 62.1 Å². The molecule has 0 aliphatic carbocycles. The third-order valence-corrected chi connectivity index (χ3v) is 6.02. The maximum atomic E-state index is 12.7. The molecule has 0 aliphatic rings. The van der Waals surface area contributed by atoms with E-state index >= 15 is 0 Å². The summed E-state index contributed by atoms with van der Waals surface area (Å²) in [4.78, 5) is 38.5. The van der Waals surface area contributed by atoms with Crippen molar-refractivity contribution in [3.63, 3.8) is 0 Å². The molecular formula is C28H26ClN3O4. The van der Waals surface area contributed by atoms with E-state index in [2.05, 4.69) is 5.48 Å². The van der Waals surface area contributed by atoms with E-state index in [-0.39, 0.29) is 12.5 Å². The summed E-state index contributed by atoms with van der Waals surface area (Å²) in [7, 11) is 0. The first kappa shape index (κ1) is 25.3. The SMILES string of the molecule is C[C@@H](NOC(=O)c1ccc2nc(-c3ccc(Cl)cc3)c(CCCCC(=O)O)nc2c1)c1ccccc1. The molecule has 0 radical (unpaired) electrons. The van der Waals surface area contributed by atoms with E-state index in [1.807, 2.05) is 49.4 Å². The Balaban J connectivity index is 1.57. The Morgan fingerprint density at radius 2 is 1.72 bits per heavy atom. The normalized spacial score (nSPS) is 11.8. The van der Waals surface area contributed by atoms with Crippen LogP contribution in [-0.2, 0) is 16.1 Å². The van der Waals surface area contributed by atoms with E-state index in [4.69, 9.17) is 31.5 Å². The molecule has 0 saturated heterocycles. The fraction of sp³-hybridized carbons (Fsp3) is 0.214. The summed E-state index contributed by atoms with van der Waals surface area (Å²) in [5, 5.41) is 9.57. The van der Waals surface area contributed by atoms with Gasteiger partial charge < -0.3 is 9.94 Å². The van der Waals surface area contributed by atoms with E-state index in [0.717, 1.165) is 16.8 Å². The number of benzene rings is 3. The van der Waals surface area contributed by atoms with Crippen molar-refractivity contribution in [2.45, 2.75) is 38.6 Å². The van der Waals surface area contributed by atoms with Crippen molar-refractivity contribution >= 4 is 34.6 Å². The van der Waals surface area contributed by atoms with Crippen LogP contribution in [0.1, 0.15) is 53.8 Å². The Hall–Kier alpha value is -3.81. The van der Waals surface area contributed by atoms with Crippen LogP contribution in [0.4, 0.5) is 0 Å². The molecule has 0 bridgehead atoms. The molecular weight excluding hydrogens is 478 g/mol. The van der Waals surface area contributed by atoms with E-state index in [1.165, 1.54) is 0 Å². The maximum absolute atomic E-state index is 12.7. The number of aromatic nitrogens is 2. The molecule has 2 N–H and O–H groups in total.